The molecule has 18 heavy (non-hydrogen) atoms. The van der Waals surface area contributed by atoms with E-state index in [1.807, 2.05) is 0 Å². The minimum Gasteiger partial charge on any atom is -0.265 e. The van der Waals surface area contributed by atoms with Gasteiger partial charge in [-0.3, -0.25) is 4.40 Å². The number of halogens is 4. The van der Waals surface area contributed by atoms with E-state index in [1.165, 1.54) is 18.3 Å². The number of fused-ring (bicyclic) bond motifs is 3. The van der Waals surface area contributed by atoms with Gasteiger partial charge < -0.3 is 0 Å². The molecular weight excluding hydrogens is 271 g/mol. The summed E-state index contributed by atoms with van der Waals surface area (Å²) in [7, 11) is 0. The molecule has 5 nitrogen and oxygen atoms in total. The van der Waals surface area contributed by atoms with Crippen molar-refractivity contribution in [2.24, 2.45) is 0 Å². The van der Waals surface area contributed by atoms with Crippen LogP contribution in [0.2, 0.25) is 5.15 Å². The summed E-state index contributed by atoms with van der Waals surface area (Å²) in [4.78, 5) is 7.72. The summed E-state index contributed by atoms with van der Waals surface area (Å²) in [5.74, 6) is -1.15. The standard InChI is InChI=1S/C9H3ClF3N5/c10-5-7-16-17-8(9(11,12)13)18(7)4-2-1-3-14-6(4)15-5/h1-3H. The van der Waals surface area contributed by atoms with Crippen LogP contribution in [0.4, 0.5) is 13.2 Å². The van der Waals surface area contributed by atoms with Gasteiger partial charge in [-0.25, -0.2) is 9.97 Å². The Morgan fingerprint density at radius 2 is 2.00 bits per heavy atom. The smallest absolute Gasteiger partial charge is 0.265 e. The fraction of sp³-hybridized carbons (Fsp3) is 0.111. The second-order valence-electron chi connectivity index (χ2n) is 3.43. The molecule has 0 atom stereocenters. The van der Waals surface area contributed by atoms with Gasteiger partial charge in [-0.05, 0) is 12.1 Å². The van der Waals surface area contributed by atoms with Crippen molar-refractivity contribution in [1.29, 1.82) is 0 Å². The normalized spacial score (nSPS) is 12.4. The summed E-state index contributed by atoms with van der Waals surface area (Å²) in [5, 5.41) is 6.34. The Kier molecular flexibility index (Phi) is 2.18. The molecule has 0 aliphatic carbocycles. The molecular formula is C9H3ClF3N5. The second-order valence-corrected chi connectivity index (χ2v) is 3.79. The maximum absolute atomic E-state index is 12.8. The van der Waals surface area contributed by atoms with E-state index in [0.29, 0.717) is 0 Å². The zero-order valence-corrected chi connectivity index (χ0v) is 9.24. The Balaban J connectivity index is 2.56. The van der Waals surface area contributed by atoms with Crippen molar-refractivity contribution in [3.63, 3.8) is 0 Å². The fourth-order valence-corrected chi connectivity index (χ4v) is 1.82. The average molecular weight is 274 g/mol. The quantitative estimate of drug-likeness (QED) is 0.631. The number of alkyl halides is 3. The molecule has 0 radical (unpaired) electrons. The zero-order chi connectivity index (χ0) is 12.9. The van der Waals surface area contributed by atoms with Crippen LogP contribution in [-0.2, 0) is 6.18 Å². The summed E-state index contributed by atoms with van der Waals surface area (Å²) < 4.78 is 39.2. The van der Waals surface area contributed by atoms with Crippen LogP contribution < -0.4 is 0 Å². The van der Waals surface area contributed by atoms with Crippen molar-refractivity contribution in [2.75, 3.05) is 0 Å². The van der Waals surface area contributed by atoms with Crippen molar-refractivity contribution in [3.05, 3.63) is 29.3 Å². The summed E-state index contributed by atoms with van der Waals surface area (Å²) >= 11 is 5.76. The number of rotatable bonds is 0. The van der Waals surface area contributed by atoms with E-state index in [-0.39, 0.29) is 22.0 Å². The number of hydrogen-bond acceptors (Lipinski definition) is 4. The van der Waals surface area contributed by atoms with Crippen LogP contribution in [0.25, 0.3) is 16.8 Å². The molecule has 0 spiro atoms. The molecule has 0 aliphatic rings. The van der Waals surface area contributed by atoms with Crippen molar-refractivity contribution >= 4 is 28.4 Å². The highest BCUT2D eigenvalue weighted by molar-refractivity contribution is 6.32. The van der Waals surface area contributed by atoms with E-state index in [2.05, 4.69) is 20.2 Å². The summed E-state index contributed by atoms with van der Waals surface area (Å²) in [6.45, 7) is 0. The molecule has 0 saturated heterocycles. The first-order chi connectivity index (χ1) is 8.48. The lowest BCUT2D eigenvalue weighted by Crippen LogP contribution is -2.11. The van der Waals surface area contributed by atoms with Gasteiger partial charge in [-0.2, -0.15) is 13.2 Å². The highest BCUT2D eigenvalue weighted by atomic mass is 35.5. The van der Waals surface area contributed by atoms with Gasteiger partial charge in [0.2, 0.25) is 5.82 Å². The number of pyridine rings is 1. The van der Waals surface area contributed by atoms with Gasteiger partial charge >= 0.3 is 6.18 Å². The predicted molar refractivity (Wildman–Crippen MR) is 56.1 cm³/mol. The van der Waals surface area contributed by atoms with Crippen molar-refractivity contribution in [1.82, 2.24) is 24.6 Å². The minimum atomic E-state index is -4.63. The van der Waals surface area contributed by atoms with Gasteiger partial charge in [0.15, 0.2) is 16.4 Å². The number of nitrogens with zero attached hydrogens (tertiary/aromatic N) is 5. The van der Waals surface area contributed by atoms with Crippen LogP contribution >= 0.6 is 11.6 Å². The van der Waals surface area contributed by atoms with Gasteiger partial charge in [-0.15, -0.1) is 10.2 Å². The summed E-state index contributed by atoms with van der Waals surface area (Å²) in [6.07, 6.45) is -3.22. The zero-order valence-electron chi connectivity index (χ0n) is 8.48. The number of aromatic nitrogens is 5. The number of hydrogen-bond donors (Lipinski definition) is 0. The van der Waals surface area contributed by atoms with Gasteiger partial charge in [0, 0.05) is 6.20 Å². The first kappa shape index (κ1) is 11.1. The monoisotopic (exact) mass is 273 g/mol. The predicted octanol–water partition coefficient (Wildman–Crippen LogP) is 2.34. The van der Waals surface area contributed by atoms with Crippen LogP contribution in [0.3, 0.4) is 0 Å². The van der Waals surface area contributed by atoms with E-state index < -0.39 is 12.0 Å². The largest absolute Gasteiger partial charge is 0.452 e. The third-order valence-electron chi connectivity index (χ3n) is 2.31. The van der Waals surface area contributed by atoms with Crippen LogP contribution in [0.5, 0.6) is 0 Å². The molecule has 0 aliphatic heterocycles. The Hall–Kier alpha value is -1.96. The van der Waals surface area contributed by atoms with E-state index in [0.717, 1.165) is 4.40 Å². The third kappa shape index (κ3) is 1.49. The van der Waals surface area contributed by atoms with Gasteiger partial charge in [0.1, 0.15) is 0 Å². The van der Waals surface area contributed by atoms with Crippen molar-refractivity contribution in [3.8, 4) is 0 Å². The molecule has 3 rings (SSSR count). The Labute approximate surface area is 102 Å². The van der Waals surface area contributed by atoms with Crippen LogP contribution in [-0.4, -0.2) is 24.6 Å². The molecule has 92 valence electrons. The van der Waals surface area contributed by atoms with E-state index in [9.17, 15) is 13.2 Å². The highest BCUT2D eigenvalue weighted by Gasteiger charge is 2.38. The molecule has 9 heteroatoms. The van der Waals surface area contributed by atoms with E-state index >= 15 is 0 Å². The fourth-order valence-electron chi connectivity index (χ4n) is 1.62. The average Bonchev–Trinajstić information content (AvgIpc) is 2.74. The highest BCUT2D eigenvalue weighted by Crippen LogP contribution is 2.30. The molecule has 0 bridgehead atoms. The first-order valence-corrected chi connectivity index (χ1v) is 5.09. The SMILES string of the molecule is FC(F)(F)c1nnc2c(Cl)nc3ncccc3n12. The molecule has 0 N–H and O–H groups in total. The third-order valence-corrected chi connectivity index (χ3v) is 2.57. The Bertz CT molecular complexity index is 751. The lowest BCUT2D eigenvalue weighted by Gasteiger charge is -2.06. The molecule has 0 aromatic carbocycles. The van der Waals surface area contributed by atoms with E-state index in [1.54, 1.807) is 0 Å². The van der Waals surface area contributed by atoms with E-state index in [4.69, 9.17) is 11.6 Å². The van der Waals surface area contributed by atoms with Gasteiger partial charge in [0.25, 0.3) is 0 Å². The Morgan fingerprint density at radius 1 is 1.22 bits per heavy atom. The summed E-state index contributed by atoms with van der Waals surface area (Å²) in [6, 6.07) is 2.94. The summed E-state index contributed by atoms with van der Waals surface area (Å²) in [5.41, 5.74) is 0.0963. The molecule has 0 fully saturated rings. The molecule has 3 aromatic rings. The molecule has 0 amide bonds. The van der Waals surface area contributed by atoms with Gasteiger partial charge in [0.05, 0.1) is 5.52 Å². The minimum absolute atomic E-state index is 0.0975. The molecule has 0 unspecified atom stereocenters. The van der Waals surface area contributed by atoms with Crippen molar-refractivity contribution < 1.29 is 13.2 Å². The topological polar surface area (TPSA) is 56.0 Å². The lowest BCUT2D eigenvalue weighted by molar-refractivity contribution is -0.145. The van der Waals surface area contributed by atoms with Crippen molar-refractivity contribution in [2.45, 2.75) is 6.18 Å². The maximum atomic E-state index is 12.8. The molecule has 0 saturated carbocycles. The van der Waals surface area contributed by atoms with Crippen LogP contribution in [0.1, 0.15) is 5.82 Å². The van der Waals surface area contributed by atoms with Gasteiger partial charge in [-0.1, -0.05) is 11.6 Å². The van der Waals surface area contributed by atoms with Crippen LogP contribution in [0, 0.1) is 0 Å². The van der Waals surface area contributed by atoms with Crippen LogP contribution in [0.15, 0.2) is 18.3 Å². The lowest BCUT2D eigenvalue weighted by atomic mass is 10.4. The second kappa shape index (κ2) is 3.52. The Morgan fingerprint density at radius 3 is 2.72 bits per heavy atom. The molecule has 3 heterocycles. The molecule has 3 aromatic heterocycles. The first-order valence-electron chi connectivity index (χ1n) is 4.71. The maximum Gasteiger partial charge on any atom is 0.452 e.